The Morgan fingerprint density at radius 1 is 1.06 bits per heavy atom. The Hall–Kier alpha value is -3.59. The zero-order valence-electron chi connectivity index (χ0n) is 19.0. The SMILES string of the molecule is Cc1c(NC(=O)CCSc2nc3ccccc3c(=O)n2C2CC2)c(=O)n(-c2ccccc2)n1C. The Labute approximate surface area is 200 Å². The maximum Gasteiger partial charge on any atom is 0.295 e. The minimum Gasteiger partial charge on any atom is -0.320 e. The van der Waals surface area contributed by atoms with Gasteiger partial charge < -0.3 is 5.32 Å². The van der Waals surface area contributed by atoms with Crippen LogP contribution >= 0.6 is 11.8 Å². The van der Waals surface area contributed by atoms with Crippen LogP contribution in [0, 0.1) is 6.92 Å². The van der Waals surface area contributed by atoms with Crippen molar-refractivity contribution in [3.8, 4) is 5.69 Å². The van der Waals surface area contributed by atoms with Crippen LogP contribution in [-0.4, -0.2) is 30.6 Å². The van der Waals surface area contributed by atoms with Crippen LogP contribution in [0.1, 0.15) is 31.0 Å². The Kier molecular flexibility index (Phi) is 5.87. The van der Waals surface area contributed by atoms with Gasteiger partial charge >= 0.3 is 0 Å². The van der Waals surface area contributed by atoms with E-state index in [1.165, 1.54) is 16.4 Å². The monoisotopic (exact) mass is 475 g/mol. The molecule has 8 nitrogen and oxygen atoms in total. The number of benzene rings is 2. The minimum atomic E-state index is -0.272. The van der Waals surface area contributed by atoms with E-state index in [2.05, 4.69) is 5.32 Å². The van der Waals surface area contributed by atoms with E-state index in [-0.39, 0.29) is 35.2 Å². The van der Waals surface area contributed by atoms with Gasteiger partial charge in [0, 0.05) is 25.3 Å². The van der Waals surface area contributed by atoms with E-state index in [1.54, 1.807) is 29.3 Å². The molecule has 2 aromatic carbocycles. The fourth-order valence-corrected chi connectivity index (χ4v) is 5.04. The van der Waals surface area contributed by atoms with Gasteiger partial charge in [0.15, 0.2) is 5.16 Å². The van der Waals surface area contributed by atoms with Crippen molar-refractivity contribution in [1.29, 1.82) is 0 Å². The molecule has 0 aliphatic heterocycles. The molecule has 174 valence electrons. The molecule has 1 fully saturated rings. The summed E-state index contributed by atoms with van der Waals surface area (Å²) in [6.45, 7) is 1.80. The van der Waals surface area contributed by atoms with Crippen molar-refractivity contribution in [1.82, 2.24) is 18.9 Å². The van der Waals surface area contributed by atoms with Gasteiger partial charge in [0.2, 0.25) is 5.91 Å². The van der Waals surface area contributed by atoms with Crippen LogP contribution in [0.5, 0.6) is 0 Å². The van der Waals surface area contributed by atoms with Gasteiger partial charge in [-0.2, -0.15) is 0 Å². The first kappa shape index (κ1) is 22.2. The summed E-state index contributed by atoms with van der Waals surface area (Å²) in [6.07, 6.45) is 2.13. The quantitative estimate of drug-likeness (QED) is 0.325. The van der Waals surface area contributed by atoms with Crippen LogP contribution in [0.2, 0.25) is 0 Å². The highest BCUT2D eigenvalue weighted by Gasteiger charge is 2.28. The van der Waals surface area contributed by atoms with E-state index in [4.69, 9.17) is 4.98 Å². The number of carbonyl (C=O) groups excluding carboxylic acids is 1. The predicted molar refractivity (Wildman–Crippen MR) is 134 cm³/mol. The van der Waals surface area contributed by atoms with Crippen LogP contribution < -0.4 is 16.4 Å². The molecule has 1 N–H and O–H groups in total. The van der Waals surface area contributed by atoms with Crippen molar-refractivity contribution in [3.63, 3.8) is 0 Å². The Morgan fingerprint density at radius 2 is 1.76 bits per heavy atom. The van der Waals surface area contributed by atoms with Gasteiger partial charge in [0.25, 0.3) is 11.1 Å². The summed E-state index contributed by atoms with van der Waals surface area (Å²) in [5.41, 5.74) is 2.05. The van der Waals surface area contributed by atoms with Crippen LogP contribution in [0.15, 0.2) is 69.3 Å². The lowest BCUT2D eigenvalue weighted by atomic mass is 10.2. The smallest absolute Gasteiger partial charge is 0.295 e. The van der Waals surface area contributed by atoms with E-state index in [9.17, 15) is 14.4 Å². The second-order valence-corrected chi connectivity index (χ2v) is 9.46. The van der Waals surface area contributed by atoms with Crippen molar-refractivity contribution in [2.75, 3.05) is 11.1 Å². The highest BCUT2D eigenvalue weighted by Crippen LogP contribution is 2.37. The summed E-state index contributed by atoms with van der Waals surface area (Å²) in [5.74, 6) is 0.196. The van der Waals surface area contributed by atoms with Gasteiger partial charge in [-0.15, -0.1) is 0 Å². The number of nitrogens with one attached hydrogen (secondary N) is 1. The van der Waals surface area contributed by atoms with Gasteiger partial charge in [-0.1, -0.05) is 42.1 Å². The van der Waals surface area contributed by atoms with Crippen LogP contribution in [0.3, 0.4) is 0 Å². The van der Waals surface area contributed by atoms with Gasteiger partial charge in [-0.05, 0) is 44.0 Å². The van der Waals surface area contributed by atoms with Crippen molar-refractivity contribution in [2.45, 2.75) is 37.4 Å². The molecule has 1 saturated carbocycles. The average molecular weight is 476 g/mol. The second-order valence-electron chi connectivity index (χ2n) is 8.40. The lowest BCUT2D eigenvalue weighted by molar-refractivity contribution is -0.115. The van der Waals surface area contributed by atoms with Gasteiger partial charge in [0.1, 0.15) is 5.69 Å². The topological polar surface area (TPSA) is 90.9 Å². The average Bonchev–Trinajstić information content (AvgIpc) is 3.65. The van der Waals surface area contributed by atoms with Gasteiger partial charge in [-0.25, -0.2) is 9.67 Å². The number of para-hydroxylation sites is 2. The number of hydrogen-bond acceptors (Lipinski definition) is 5. The lowest BCUT2D eigenvalue weighted by Crippen LogP contribution is -2.23. The molecule has 5 rings (SSSR count). The van der Waals surface area contributed by atoms with Crippen molar-refractivity contribution >= 4 is 34.3 Å². The maximum absolute atomic E-state index is 13.0. The van der Waals surface area contributed by atoms with E-state index in [0.717, 1.165) is 18.5 Å². The second kappa shape index (κ2) is 8.98. The van der Waals surface area contributed by atoms with Crippen LogP contribution in [0.4, 0.5) is 5.69 Å². The molecule has 0 atom stereocenters. The molecular weight excluding hydrogens is 450 g/mol. The molecule has 0 bridgehead atoms. The number of aromatic nitrogens is 4. The molecule has 1 amide bonds. The molecule has 1 aliphatic carbocycles. The van der Waals surface area contributed by atoms with E-state index >= 15 is 0 Å². The number of anilines is 1. The zero-order valence-corrected chi connectivity index (χ0v) is 19.8. The summed E-state index contributed by atoms with van der Waals surface area (Å²) in [5, 5.41) is 4.05. The number of fused-ring (bicyclic) bond motifs is 1. The fraction of sp³-hybridized carbons (Fsp3) is 0.280. The zero-order chi connectivity index (χ0) is 23.8. The minimum absolute atomic E-state index is 0.0265. The number of amides is 1. The first-order valence-electron chi connectivity index (χ1n) is 11.2. The molecule has 0 spiro atoms. The molecular formula is C25H25N5O3S. The molecule has 34 heavy (non-hydrogen) atoms. The van der Waals surface area contributed by atoms with Crippen LogP contribution in [-0.2, 0) is 11.8 Å². The number of thioether (sulfide) groups is 1. The van der Waals surface area contributed by atoms with E-state index in [1.807, 2.05) is 48.5 Å². The summed E-state index contributed by atoms with van der Waals surface area (Å²) in [6, 6.07) is 16.8. The van der Waals surface area contributed by atoms with Gasteiger partial charge in [0.05, 0.1) is 22.3 Å². The third kappa shape index (κ3) is 4.07. The molecule has 0 unspecified atom stereocenters. The van der Waals surface area contributed by atoms with Crippen molar-refractivity contribution in [3.05, 3.63) is 81.0 Å². The highest BCUT2D eigenvalue weighted by atomic mass is 32.2. The van der Waals surface area contributed by atoms with Crippen molar-refractivity contribution in [2.24, 2.45) is 7.05 Å². The predicted octanol–water partition coefficient (Wildman–Crippen LogP) is 3.65. The lowest BCUT2D eigenvalue weighted by Gasteiger charge is -2.12. The standard InChI is InChI=1S/C25H25N5O3S/c1-16-22(24(33)30(28(16)2)18-8-4-3-5-9-18)27-21(31)14-15-34-25-26-20-11-7-6-10-19(20)23(32)29(25)17-12-13-17/h3-11,17H,12-15H2,1-2H3,(H,27,31). The third-order valence-electron chi connectivity index (χ3n) is 6.07. The van der Waals surface area contributed by atoms with E-state index < -0.39 is 0 Å². The molecule has 9 heteroatoms. The van der Waals surface area contributed by atoms with Gasteiger partial charge in [-0.3, -0.25) is 23.6 Å². The van der Waals surface area contributed by atoms with Crippen LogP contribution in [0.25, 0.3) is 16.6 Å². The largest absolute Gasteiger partial charge is 0.320 e. The summed E-state index contributed by atoms with van der Waals surface area (Å²) >= 11 is 1.40. The fourth-order valence-electron chi connectivity index (χ4n) is 4.03. The molecule has 2 aromatic heterocycles. The summed E-state index contributed by atoms with van der Waals surface area (Å²) in [7, 11) is 1.79. The van der Waals surface area contributed by atoms with E-state index in [0.29, 0.717) is 27.5 Å². The molecule has 0 saturated heterocycles. The summed E-state index contributed by atoms with van der Waals surface area (Å²) < 4.78 is 5.03. The Morgan fingerprint density at radius 3 is 2.50 bits per heavy atom. The highest BCUT2D eigenvalue weighted by molar-refractivity contribution is 7.99. The third-order valence-corrected chi connectivity index (χ3v) is 7.02. The molecule has 0 radical (unpaired) electrons. The Balaban J connectivity index is 1.31. The maximum atomic E-state index is 13.0. The number of carbonyl (C=O) groups is 1. The number of hydrogen-bond donors (Lipinski definition) is 1. The molecule has 2 heterocycles. The van der Waals surface area contributed by atoms with Crippen molar-refractivity contribution < 1.29 is 4.79 Å². The summed E-state index contributed by atoms with van der Waals surface area (Å²) in [4.78, 5) is 43.4. The number of rotatable bonds is 7. The Bertz CT molecular complexity index is 1500. The first-order valence-corrected chi connectivity index (χ1v) is 12.2. The normalized spacial score (nSPS) is 13.4. The molecule has 4 aromatic rings. The molecule has 1 aliphatic rings. The number of nitrogens with zero attached hydrogens (tertiary/aromatic N) is 4. The first-order chi connectivity index (χ1) is 16.5.